The Bertz CT molecular complexity index is 595. The summed E-state index contributed by atoms with van der Waals surface area (Å²) in [5.41, 5.74) is 6.32. The highest BCUT2D eigenvalue weighted by atomic mass is 32.1. The molecule has 0 atom stereocenters. The van der Waals surface area contributed by atoms with Crippen LogP contribution in [0.1, 0.15) is 37.3 Å². The van der Waals surface area contributed by atoms with Crippen LogP contribution >= 0.6 is 11.3 Å². The van der Waals surface area contributed by atoms with E-state index >= 15 is 0 Å². The summed E-state index contributed by atoms with van der Waals surface area (Å²) in [6, 6.07) is 10.1. The highest BCUT2D eigenvalue weighted by Crippen LogP contribution is 2.34. The van der Waals surface area contributed by atoms with Crippen LogP contribution in [0.15, 0.2) is 30.3 Å². The van der Waals surface area contributed by atoms with Gasteiger partial charge in [0.25, 0.3) is 0 Å². The van der Waals surface area contributed by atoms with Gasteiger partial charge in [-0.05, 0) is 32.4 Å². The fourth-order valence-corrected chi connectivity index (χ4v) is 2.83. The van der Waals surface area contributed by atoms with Crippen molar-refractivity contribution in [1.29, 1.82) is 0 Å². The topological polar surface area (TPSA) is 80.9 Å². The molecule has 0 aliphatic carbocycles. The molecule has 112 valence electrons. The standard InChI is InChI=1S/C15H20N4OS/c1-15(2,11-7-4-3-5-8-11)13-18-19-14(21-13)17-12(20)9-6-10-16/h3-5,7-8H,6,9-10,16H2,1-2H3,(H,17,19,20). The zero-order valence-corrected chi connectivity index (χ0v) is 13.1. The van der Waals surface area contributed by atoms with E-state index in [1.54, 1.807) is 0 Å². The Hall–Kier alpha value is -1.79. The molecular formula is C15H20N4OS. The number of nitrogens with one attached hydrogen (secondary N) is 1. The van der Waals surface area contributed by atoms with Crippen LogP contribution in [0.3, 0.4) is 0 Å². The summed E-state index contributed by atoms with van der Waals surface area (Å²) in [5.74, 6) is -0.0688. The summed E-state index contributed by atoms with van der Waals surface area (Å²) in [7, 11) is 0. The van der Waals surface area contributed by atoms with E-state index in [0.29, 0.717) is 24.5 Å². The van der Waals surface area contributed by atoms with Gasteiger partial charge in [0.2, 0.25) is 11.0 Å². The minimum absolute atomic E-state index is 0.0688. The van der Waals surface area contributed by atoms with Crippen molar-refractivity contribution < 1.29 is 4.79 Å². The quantitative estimate of drug-likeness (QED) is 0.859. The first-order valence-corrected chi connectivity index (χ1v) is 7.75. The number of aromatic nitrogens is 2. The molecule has 0 aliphatic heterocycles. The number of amides is 1. The molecule has 1 aromatic carbocycles. The van der Waals surface area contributed by atoms with Gasteiger partial charge in [-0.15, -0.1) is 10.2 Å². The number of carbonyl (C=O) groups is 1. The molecule has 0 aliphatic rings. The van der Waals surface area contributed by atoms with E-state index in [0.717, 1.165) is 5.01 Å². The van der Waals surface area contributed by atoms with Crippen molar-refractivity contribution in [3.63, 3.8) is 0 Å². The molecule has 1 heterocycles. The number of benzene rings is 1. The lowest BCUT2D eigenvalue weighted by molar-refractivity contribution is -0.116. The van der Waals surface area contributed by atoms with E-state index < -0.39 is 0 Å². The number of nitrogens with zero attached hydrogens (tertiary/aromatic N) is 2. The zero-order valence-electron chi connectivity index (χ0n) is 12.3. The Labute approximate surface area is 128 Å². The van der Waals surface area contributed by atoms with Gasteiger partial charge in [0.1, 0.15) is 5.01 Å². The van der Waals surface area contributed by atoms with Crippen LogP contribution in [0.2, 0.25) is 0 Å². The summed E-state index contributed by atoms with van der Waals surface area (Å²) in [6.45, 7) is 4.71. The number of carbonyl (C=O) groups excluding carboxylic acids is 1. The van der Waals surface area contributed by atoms with Gasteiger partial charge in [-0.25, -0.2) is 0 Å². The Morgan fingerprint density at radius 3 is 2.67 bits per heavy atom. The lowest BCUT2D eigenvalue weighted by Gasteiger charge is -2.21. The molecule has 0 unspecified atom stereocenters. The minimum Gasteiger partial charge on any atom is -0.330 e. The number of hydrogen-bond acceptors (Lipinski definition) is 5. The van der Waals surface area contributed by atoms with Crippen molar-refractivity contribution in [2.45, 2.75) is 32.1 Å². The smallest absolute Gasteiger partial charge is 0.226 e. The molecular weight excluding hydrogens is 284 g/mol. The number of hydrogen-bond donors (Lipinski definition) is 2. The lowest BCUT2D eigenvalue weighted by atomic mass is 9.85. The highest BCUT2D eigenvalue weighted by Gasteiger charge is 2.27. The molecule has 1 aromatic heterocycles. The first-order valence-electron chi connectivity index (χ1n) is 6.93. The second-order valence-corrected chi connectivity index (χ2v) is 6.32. The van der Waals surface area contributed by atoms with Crippen molar-refractivity contribution in [3.05, 3.63) is 40.9 Å². The maximum Gasteiger partial charge on any atom is 0.226 e. The molecule has 5 nitrogen and oxygen atoms in total. The van der Waals surface area contributed by atoms with Gasteiger partial charge in [-0.1, -0.05) is 41.7 Å². The molecule has 0 saturated heterocycles. The molecule has 2 aromatic rings. The van der Waals surface area contributed by atoms with Crippen LogP contribution in [-0.2, 0) is 10.2 Å². The van der Waals surface area contributed by atoms with Gasteiger partial charge in [-0.2, -0.15) is 0 Å². The molecule has 3 N–H and O–H groups in total. The third-order valence-corrected chi connectivity index (χ3v) is 4.47. The summed E-state index contributed by atoms with van der Waals surface area (Å²) in [4.78, 5) is 11.7. The van der Waals surface area contributed by atoms with Crippen LogP contribution in [-0.4, -0.2) is 22.6 Å². The highest BCUT2D eigenvalue weighted by molar-refractivity contribution is 7.15. The summed E-state index contributed by atoms with van der Waals surface area (Å²) in [5, 5.41) is 12.5. The van der Waals surface area contributed by atoms with Crippen LogP contribution in [0.4, 0.5) is 5.13 Å². The molecule has 21 heavy (non-hydrogen) atoms. The van der Waals surface area contributed by atoms with Crippen molar-refractivity contribution in [3.8, 4) is 0 Å². The average molecular weight is 304 g/mol. The van der Waals surface area contributed by atoms with E-state index in [1.807, 2.05) is 18.2 Å². The Balaban J connectivity index is 2.10. The third-order valence-electron chi connectivity index (χ3n) is 3.31. The van der Waals surface area contributed by atoms with E-state index in [4.69, 9.17) is 5.73 Å². The monoisotopic (exact) mass is 304 g/mol. The van der Waals surface area contributed by atoms with Crippen molar-refractivity contribution in [1.82, 2.24) is 10.2 Å². The first kappa shape index (κ1) is 15.6. The fraction of sp³-hybridized carbons (Fsp3) is 0.400. The van der Waals surface area contributed by atoms with Crippen molar-refractivity contribution in [2.24, 2.45) is 5.73 Å². The Morgan fingerprint density at radius 2 is 2.00 bits per heavy atom. The van der Waals surface area contributed by atoms with Gasteiger partial charge in [0.05, 0.1) is 0 Å². The summed E-state index contributed by atoms with van der Waals surface area (Å²) >= 11 is 1.41. The van der Waals surface area contributed by atoms with E-state index in [1.165, 1.54) is 16.9 Å². The van der Waals surface area contributed by atoms with Gasteiger partial charge < -0.3 is 11.1 Å². The SMILES string of the molecule is CC(C)(c1ccccc1)c1nnc(NC(=O)CCCN)s1. The summed E-state index contributed by atoms with van der Waals surface area (Å²) < 4.78 is 0. The van der Waals surface area contributed by atoms with Crippen LogP contribution in [0, 0.1) is 0 Å². The number of nitrogens with two attached hydrogens (primary N) is 1. The Kier molecular flexibility index (Phi) is 5.03. The lowest BCUT2D eigenvalue weighted by Crippen LogP contribution is -2.18. The number of anilines is 1. The van der Waals surface area contributed by atoms with Crippen LogP contribution in [0.5, 0.6) is 0 Å². The predicted molar refractivity (Wildman–Crippen MR) is 85.4 cm³/mol. The zero-order chi connectivity index (χ0) is 15.3. The maximum absolute atomic E-state index is 11.7. The molecule has 0 fully saturated rings. The fourth-order valence-electron chi connectivity index (χ4n) is 1.95. The maximum atomic E-state index is 11.7. The van der Waals surface area contributed by atoms with Crippen molar-refractivity contribution in [2.75, 3.05) is 11.9 Å². The van der Waals surface area contributed by atoms with Gasteiger partial charge >= 0.3 is 0 Å². The molecule has 0 bridgehead atoms. The van der Waals surface area contributed by atoms with Crippen LogP contribution in [0.25, 0.3) is 0 Å². The van der Waals surface area contributed by atoms with Gasteiger partial charge in [0, 0.05) is 11.8 Å². The van der Waals surface area contributed by atoms with Crippen LogP contribution < -0.4 is 11.1 Å². The van der Waals surface area contributed by atoms with E-state index in [2.05, 4.69) is 41.5 Å². The minimum atomic E-state index is -0.237. The van der Waals surface area contributed by atoms with Gasteiger partial charge in [0.15, 0.2) is 0 Å². The molecule has 6 heteroatoms. The molecule has 0 radical (unpaired) electrons. The van der Waals surface area contributed by atoms with Crippen molar-refractivity contribution >= 4 is 22.4 Å². The Morgan fingerprint density at radius 1 is 1.29 bits per heavy atom. The molecule has 0 spiro atoms. The second kappa shape index (κ2) is 6.78. The van der Waals surface area contributed by atoms with Gasteiger partial charge in [-0.3, -0.25) is 4.79 Å². The van der Waals surface area contributed by atoms with E-state index in [-0.39, 0.29) is 11.3 Å². The summed E-state index contributed by atoms with van der Waals surface area (Å²) in [6.07, 6.45) is 1.08. The third kappa shape index (κ3) is 3.86. The number of rotatable bonds is 6. The normalized spacial score (nSPS) is 11.4. The molecule has 2 rings (SSSR count). The average Bonchev–Trinajstić information content (AvgIpc) is 2.95. The largest absolute Gasteiger partial charge is 0.330 e. The predicted octanol–water partition coefficient (Wildman–Crippen LogP) is 2.54. The van der Waals surface area contributed by atoms with E-state index in [9.17, 15) is 4.79 Å². The first-order chi connectivity index (χ1) is 10.0. The molecule has 0 saturated carbocycles. The second-order valence-electron chi connectivity index (χ2n) is 5.34. The molecule has 1 amide bonds.